The van der Waals surface area contributed by atoms with Crippen LogP contribution in [0.25, 0.3) is 54.2 Å². The maximum absolute atomic E-state index is 9.95. The summed E-state index contributed by atoms with van der Waals surface area (Å²) < 4.78 is 0. The molecule has 0 unspecified atom stereocenters. The number of nitriles is 1. The highest BCUT2D eigenvalue weighted by atomic mass is 14.3. The van der Waals surface area contributed by atoms with Crippen molar-refractivity contribution in [3.05, 3.63) is 109 Å². The zero-order valence-corrected chi connectivity index (χ0v) is 16.3. The number of rotatable bonds is 1. The molecule has 0 saturated heterocycles. The highest BCUT2D eigenvalue weighted by Crippen LogP contribution is 2.39. The van der Waals surface area contributed by atoms with Gasteiger partial charge in [-0.05, 0) is 79.0 Å². The first-order chi connectivity index (χ1) is 14.8. The Hall–Kier alpha value is -4.15. The van der Waals surface area contributed by atoms with Gasteiger partial charge in [0.25, 0.3) is 0 Å². The molecule has 30 heavy (non-hydrogen) atoms. The average molecular weight is 379 g/mol. The minimum absolute atomic E-state index is 0.707. The van der Waals surface area contributed by atoms with E-state index in [2.05, 4.69) is 103 Å². The van der Waals surface area contributed by atoms with E-state index in [-0.39, 0.29) is 0 Å². The first-order valence-electron chi connectivity index (χ1n) is 10.1. The van der Waals surface area contributed by atoms with Crippen molar-refractivity contribution in [2.45, 2.75) is 0 Å². The molecule has 6 aromatic rings. The van der Waals surface area contributed by atoms with Gasteiger partial charge in [-0.2, -0.15) is 5.26 Å². The van der Waals surface area contributed by atoms with Crippen molar-refractivity contribution in [1.82, 2.24) is 0 Å². The standard InChI is InChI=1S/C29H17N/c30-18-25-13-12-24-15-20-7-2-4-9-22(20)17-28(24)29(25)26-11-5-10-23-14-19-6-1-3-8-21(19)16-27(23)26/h1-17H. The molecule has 0 bridgehead atoms. The lowest BCUT2D eigenvalue weighted by Gasteiger charge is -2.14. The Morgan fingerprint density at radius 2 is 1.00 bits per heavy atom. The summed E-state index contributed by atoms with van der Waals surface area (Å²) in [4.78, 5) is 0. The third-order valence-electron chi connectivity index (χ3n) is 6.02. The minimum atomic E-state index is 0.707. The van der Waals surface area contributed by atoms with E-state index in [9.17, 15) is 5.26 Å². The lowest BCUT2D eigenvalue weighted by Crippen LogP contribution is -1.90. The van der Waals surface area contributed by atoms with Gasteiger partial charge in [-0.1, -0.05) is 72.8 Å². The molecule has 0 atom stereocenters. The maximum atomic E-state index is 9.95. The number of hydrogen-bond donors (Lipinski definition) is 0. The van der Waals surface area contributed by atoms with Crippen molar-refractivity contribution >= 4 is 43.1 Å². The maximum Gasteiger partial charge on any atom is 0.0998 e. The van der Waals surface area contributed by atoms with Crippen LogP contribution in [0.3, 0.4) is 0 Å². The van der Waals surface area contributed by atoms with Gasteiger partial charge in [-0.3, -0.25) is 0 Å². The van der Waals surface area contributed by atoms with Crippen LogP contribution < -0.4 is 0 Å². The predicted octanol–water partition coefficient (Wildman–Crippen LogP) is 7.84. The molecule has 0 amide bonds. The van der Waals surface area contributed by atoms with Crippen LogP contribution in [0.5, 0.6) is 0 Å². The molecule has 0 radical (unpaired) electrons. The molecule has 6 aromatic carbocycles. The zero-order valence-electron chi connectivity index (χ0n) is 16.3. The molecule has 0 heterocycles. The molecule has 0 aliphatic carbocycles. The summed E-state index contributed by atoms with van der Waals surface area (Å²) in [7, 11) is 0. The van der Waals surface area contributed by atoms with Gasteiger partial charge >= 0.3 is 0 Å². The van der Waals surface area contributed by atoms with Crippen molar-refractivity contribution in [2.75, 3.05) is 0 Å². The normalized spacial score (nSPS) is 11.3. The largest absolute Gasteiger partial charge is 0.192 e. The van der Waals surface area contributed by atoms with E-state index < -0.39 is 0 Å². The summed E-state index contributed by atoms with van der Waals surface area (Å²) >= 11 is 0. The first-order valence-corrected chi connectivity index (χ1v) is 10.1. The third kappa shape index (κ3) is 2.48. The molecule has 0 N–H and O–H groups in total. The van der Waals surface area contributed by atoms with Crippen LogP contribution in [0.2, 0.25) is 0 Å². The fraction of sp³-hybridized carbons (Fsp3) is 0. The molecule has 1 nitrogen and oxygen atoms in total. The predicted molar refractivity (Wildman–Crippen MR) is 127 cm³/mol. The lowest BCUT2D eigenvalue weighted by molar-refractivity contribution is 1.49. The summed E-state index contributed by atoms with van der Waals surface area (Å²) in [6.45, 7) is 0. The van der Waals surface area contributed by atoms with Gasteiger partial charge in [0.2, 0.25) is 0 Å². The lowest BCUT2D eigenvalue weighted by atomic mass is 9.88. The Morgan fingerprint density at radius 1 is 0.467 bits per heavy atom. The molecule has 0 spiro atoms. The number of hydrogen-bond acceptors (Lipinski definition) is 1. The Balaban J connectivity index is 1.77. The monoisotopic (exact) mass is 379 g/mol. The fourth-order valence-corrected chi connectivity index (χ4v) is 4.58. The molecule has 6 rings (SSSR count). The van der Waals surface area contributed by atoms with Crippen LogP contribution in [0, 0.1) is 11.3 Å². The van der Waals surface area contributed by atoms with Gasteiger partial charge in [0.15, 0.2) is 0 Å². The van der Waals surface area contributed by atoms with Gasteiger partial charge in [-0.15, -0.1) is 0 Å². The average Bonchev–Trinajstić information content (AvgIpc) is 2.80. The van der Waals surface area contributed by atoms with Crippen molar-refractivity contribution < 1.29 is 0 Å². The van der Waals surface area contributed by atoms with E-state index >= 15 is 0 Å². The van der Waals surface area contributed by atoms with Crippen LogP contribution >= 0.6 is 0 Å². The van der Waals surface area contributed by atoms with Gasteiger partial charge in [0.1, 0.15) is 0 Å². The third-order valence-corrected chi connectivity index (χ3v) is 6.02. The van der Waals surface area contributed by atoms with E-state index in [0.717, 1.165) is 21.9 Å². The Morgan fingerprint density at radius 3 is 1.63 bits per heavy atom. The summed E-state index contributed by atoms with van der Waals surface area (Å²) in [6.07, 6.45) is 0. The van der Waals surface area contributed by atoms with Crippen molar-refractivity contribution in [3.63, 3.8) is 0 Å². The van der Waals surface area contributed by atoms with Crippen LogP contribution in [0.15, 0.2) is 103 Å². The van der Waals surface area contributed by atoms with E-state index in [1.54, 1.807) is 0 Å². The van der Waals surface area contributed by atoms with E-state index in [1.165, 1.54) is 32.3 Å². The summed E-state index contributed by atoms with van der Waals surface area (Å²) in [5.41, 5.74) is 2.83. The summed E-state index contributed by atoms with van der Waals surface area (Å²) in [5.74, 6) is 0. The van der Waals surface area contributed by atoms with Gasteiger partial charge < -0.3 is 0 Å². The molecule has 0 fully saturated rings. The molecule has 138 valence electrons. The second kappa shape index (κ2) is 6.44. The van der Waals surface area contributed by atoms with Crippen LogP contribution in [-0.4, -0.2) is 0 Å². The molecule has 0 saturated carbocycles. The van der Waals surface area contributed by atoms with E-state index in [0.29, 0.717) is 5.56 Å². The van der Waals surface area contributed by atoms with Crippen molar-refractivity contribution in [2.24, 2.45) is 0 Å². The zero-order chi connectivity index (χ0) is 20.1. The molecule has 1 heteroatoms. The van der Waals surface area contributed by atoms with Crippen LogP contribution in [-0.2, 0) is 0 Å². The highest BCUT2D eigenvalue weighted by molar-refractivity contribution is 6.12. The van der Waals surface area contributed by atoms with Crippen LogP contribution in [0.1, 0.15) is 5.56 Å². The molecule has 0 aliphatic heterocycles. The quantitative estimate of drug-likeness (QED) is 0.267. The molecular weight excluding hydrogens is 362 g/mol. The fourth-order valence-electron chi connectivity index (χ4n) is 4.58. The highest BCUT2D eigenvalue weighted by Gasteiger charge is 2.14. The Bertz CT molecular complexity index is 1650. The molecule has 0 aromatic heterocycles. The summed E-state index contributed by atoms with van der Waals surface area (Å²) in [6, 6.07) is 38.6. The van der Waals surface area contributed by atoms with Crippen LogP contribution in [0.4, 0.5) is 0 Å². The smallest absolute Gasteiger partial charge is 0.0998 e. The van der Waals surface area contributed by atoms with E-state index in [1.807, 2.05) is 6.07 Å². The molecular formula is C29H17N. The SMILES string of the molecule is N#Cc1ccc2cc3ccccc3cc2c1-c1cccc2cc3ccccc3cc12. The van der Waals surface area contributed by atoms with E-state index in [4.69, 9.17) is 0 Å². The number of nitrogens with zero attached hydrogens (tertiary/aromatic N) is 1. The second-order valence-corrected chi connectivity index (χ2v) is 7.75. The first kappa shape index (κ1) is 16.8. The van der Waals surface area contributed by atoms with Gasteiger partial charge in [-0.25, -0.2) is 0 Å². The molecule has 0 aliphatic rings. The number of fused-ring (bicyclic) bond motifs is 4. The van der Waals surface area contributed by atoms with Crippen molar-refractivity contribution in [3.8, 4) is 17.2 Å². The Labute approximate surface area is 174 Å². The Kier molecular flexibility index (Phi) is 3.60. The van der Waals surface area contributed by atoms with Gasteiger partial charge in [0, 0.05) is 5.56 Å². The van der Waals surface area contributed by atoms with Gasteiger partial charge in [0.05, 0.1) is 11.6 Å². The minimum Gasteiger partial charge on any atom is -0.192 e. The topological polar surface area (TPSA) is 23.8 Å². The number of benzene rings is 6. The van der Waals surface area contributed by atoms with Crippen molar-refractivity contribution in [1.29, 1.82) is 5.26 Å². The summed E-state index contributed by atoms with van der Waals surface area (Å²) in [5, 5.41) is 19.4. The second-order valence-electron chi connectivity index (χ2n) is 7.75.